The van der Waals surface area contributed by atoms with Crippen LogP contribution in [0.15, 0.2) is 42.5 Å². The first kappa shape index (κ1) is 22.5. The highest BCUT2D eigenvalue weighted by Gasteiger charge is 2.35. The highest BCUT2D eigenvalue weighted by Crippen LogP contribution is 2.41. The van der Waals surface area contributed by atoms with Crippen LogP contribution in [0.3, 0.4) is 0 Å². The number of rotatable bonds is 6. The maximum absolute atomic E-state index is 13.4. The third-order valence-electron chi connectivity index (χ3n) is 5.65. The molecule has 1 N–H and O–H groups in total. The lowest BCUT2D eigenvalue weighted by molar-refractivity contribution is -0.144. The molecular formula is C24H30N2O5. The van der Waals surface area contributed by atoms with Gasteiger partial charge in [0.05, 0.1) is 27.4 Å². The number of methoxy groups -OCH3 is 3. The second kappa shape index (κ2) is 9.73. The number of carbonyl (C=O) groups is 2. The molecule has 0 bridgehead atoms. The Hall–Kier alpha value is -3.22. The minimum Gasteiger partial charge on any atom is -0.493 e. The molecule has 1 heterocycles. The number of benzene rings is 2. The van der Waals surface area contributed by atoms with Gasteiger partial charge in [-0.3, -0.25) is 0 Å². The molecule has 1 aliphatic heterocycles. The second-order valence-electron chi connectivity index (χ2n) is 7.86. The van der Waals surface area contributed by atoms with Crippen LogP contribution in [0.25, 0.3) is 0 Å². The van der Waals surface area contributed by atoms with E-state index < -0.39 is 12.0 Å². The van der Waals surface area contributed by atoms with E-state index in [9.17, 15) is 9.59 Å². The molecule has 0 spiro atoms. The lowest BCUT2D eigenvalue weighted by Gasteiger charge is -2.39. The molecule has 2 amide bonds. The number of esters is 1. The van der Waals surface area contributed by atoms with Crippen molar-refractivity contribution in [3.63, 3.8) is 0 Å². The minimum absolute atomic E-state index is 0.104. The Labute approximate surface area is 183 Å². The smallest absolute Gasteiger partial charge is 0.328 e. The van der Waals surface area contributed by atoms with Gasteiger partial charge in [0.25, 0.3) is 0 Å². The van der Waals surface area contributed by atoms with Gasteiger partial charge < -0.3 is 24.4 Å². The minimum atomic E-state index is -0.722. The van der Waals surface area contributed by atoms with Crippen molar-refractivity contribution in [1.29, 1.82) is 0 Å². The van der Waals surface area contributed by atoms with Gasteiger partial charge in [-0.15, -0.1) is 0 Å². The maximum Gasteiger partial charge on any atom is 0.328 e. The summed E-state index contributed by atoms with van der Waals surface area (Å²) in [5, 5.41) is 2.88. The Morgan fingerprint density at radius 3 is 2.26 bits per heavy atom. The van der Waals surface area contributed by atoms with Gasteiger partial charge in [-0.1, -0.05) is 44.2 Å². The molecule has 0 unspecified atom stereocenters. The number of nitrogens with one attached hydrogen (secondary N) is 1. The topological polar surface area (TPSA) is 77.1 Å². The molecule has 7 heteroatoms. The molecule has 0 aliphatic carbocycles. The van der Waals surface area contributed by atoms with Crippen molar-refractivity contribution in [2.75, 3.05) is 27.9 Å². The second-order valence-corrected chi connectivity index (χ2v) is 7.86. The predicted molar refractivity (Wildman–Crippen MR) is 117 cm³/mol. The Bertz CT molecular complexity index is 929. The van der Waals surface area contributed by atoms with E-state index in [-0.39, 0.29) is 18.0 Å². The monoisotopic (exact) mass is 426 g/mol. The van der Waals surface area contributed by atoms with E-state index in [4.69, 9.17) is 14.2 Å². The van der Waals surface area contributed by atoms with Gasteiger partial charge in [0, 0.05) is 6.54 Å². The summed E-state index contributed by atoms with van der Waals surface area (Å²) in [5.74, 6) is 0.715. The quantitative estimate of drug-likeness (QED) is 0.715. The third kappa shape index (κ3) is 4.60. The number of amides is 2. The molecule has 0 saturated carbocycles. The lowest BCUT2D eigenvalue weighted by atomic mass is 9.88. The summed E-state index contributed by atoms with van der Waals surface area (Å²) >= 11 is 0. The zero-order valence-electron chi connectivity index (χ0n) is 18.7. The SMILES string of the molecule is COC(=O)[C@@H](NC(=O)N1CCc2cc(OC)c(OC)cc2[C@H]1c1ccccc1)C(C)C. The summed E-state index contributed by atoms with van der Waals surface area (Å²) in [7, 11) is 4.53. The van der Waals surface area contributed by atoms with Crippen molar-refractivity contribution in [2.24, 2.45) is 5.92 Å². The van der Waals surface area contributed by atoms with Crippen molar-refractivity contribution in [3.8, 4) is 11.5 Å². The third-order valence-corrected chi connectivity index (χ3v) is 5.65. The van der Waals surface area contributed by atoms with Gasteiger partial charge in [0.15, 0.2) is 11.5 Å². The molecule has 0 radical (unpaired) electrons. The molecule has 3 rings (SSSR count). The standard InChI is InChI=1S/C24H30N2O5/c1-15(2)21(23(27)31-5)25-24(28)26-12-11-17-13-19(29-3)20(30-4)14-18(17)22(26)16-9-7-6-8-10-16/h6-10,13-15,21-22H,11-12H2,1-5H3,(H,25,28)/t21-,22+/m0/s1. The van der Waals surface area contributed by atoms with E-state index in [0.717, 1.165) is 16.7 Å². The van der Waals surface area contributed by atoms with Crippen LogP contribution in [0.5, 0.6) is 11.5 Å². The van der Waals surface area contributed by atoms with E-state index in [1.54, 1.807) is 19.1 Å². The van der Waals surface area contributed by atoms with Gasteiger partial charge >= 0.3 is 12.0 Å². The number of ether oxygens (including phenoxy) is 3. The van der Waals surface area contributed by atoms with E-state index in [2.05, 4.69) is 5.32 Å². The molecule has 0 saturated heterocycles. The van der Waals surface area contributed by atoms with Crippen LogP contribution in [-0.2, 0) is 16.0 Å². The average molecular weight is 427 g/mol. The van der Waals surface area contributed by atoms with E-state index >= 15 is 0 Å². The summed E-state index contributed by atoms with van der Waals surface area (Å²) in [6.45, 7) is 4.25. The number of carbonyl (C=O) groups excluding carboxylic acids is 2. The van der Waals surface area contributed by atoms with Gasteiger partial charge in [-0.2, -0.15) is 0 Å². The maximum atomic E-state index is 13.4. The Morgan fingerprint density at radius 2 is 1.68 bits per heavy atom. The largest absolute Gasteiger partial charge is 0.493 e. The molecular weight excluding hydrogens is 396 g/mol. The number of fused-ring (bicyclic) bond motifs is 1. The molecule has 7 nitrogen and oxygen atoms in total. The van der Waals surface area contributed by atoms with Crippen molar-refractivity contribution in [1.82, 2.24) is 10.2 Å². The molecule has 1 aliphatic rings. The Balaban J connectivity index is 2.03. The van der Waals surface area contributed by atoms with Gasteiger partial charge in [-0.05, 0) is 41.2 Å². The van der Waals surface area contributed by atoms with Crippen LogP contribution in [0, 0.1) is 5.92 Å². The Kier molecular flexibility index (Phi) is 7.05. The van der Waals surface area contributed by atoms with E-state index in [1.807, 2.05) is 56.3 Å². The lowest BCUT2D eigenvalue weighted by Crippen LogP contribution is -2.53. The molecule has 0 fully saturated rings. The summed E-state index contributed by atoms with van der Waals surface area (Å²) in [6.07, 6.45) is 0.664. The highest BCUT2D eigenvalue weighted by molar-refractivity contribution is 5.84. The fraction of sp³-hybridized carbons (Fsp3) is 0.417. The molecule has 2 aromatic carbocycles. The van der Waals surface area contributed by atoms with Crippen LogP contribution in [0.2, 0.25) is 0 Å². The van der Waals surface area contributed by atoms with Gasteiger partial charge in [-0.25, -0.2) is 9.59 Å². The van der Waals surface area contributed by atoms with Crippen LogP contribution >= 0.6 is 0 Å². The number of nitrogens with zero attached hydrogens (tertiary/aromatic N) is 1. The zero-order valence-corrected chi connectivity index (χ0v) is 18.7. The van der Waals surface area contributed by atoms with Crippen molar-refractivity contribution < 1.29 is 23.8 Å². The summed E-state index contributed by atoms with van der Waals surface area (Å²) in [5.41, 5.74) is 3.05. The first-order valence-corrected chi connectivity index (χ1v) is 10.4. The van der Waals surface area contributed by atoms with Crippen LogP contribution in [0.1, 0.15) is 36.6 Å². The summed E-state index contributed by atoms with van der Waals surface area (Å²) in [4.78, 5) is 27.3. The summed E-state index contributed by atoms with van der Waals surface area (Å²) < 4.78 is 15.9. The normalized spacial score (nSPS) is 16.3. The molecule has 31 heavy (non-hydrogen) atoms. The van der Waals surface area contributed by atoms with Crippen molar-refractivity contribution in [3.05, 3.63) is 59.2 Å². The molecule has 166 valence electrons. The average Bonchev–Trinajstić information content (AvgIpc) is 2.80. The molecule has 2 atom stereocenters. The van der Waals surface area contributed by atoms with Crippen molar-refractivity contribution in [2.45, 2.75) is 32.4 Å². The first-order valence-electron chi connectivity index (χ1n) is 10.4. The fourth-order valence-corrected chi connectivity index (χ4v) is 4.00. The fourth-order valence-electron chi connectivity index (χ4n) is 4.00. The molecule has 2 aromatic rings. The highest BCUT2D eigenvalue weighted by atomic mass is 16.5. The summed E-state index contributed by atoms with van der Waals surface area (Å²) in [6, 6.07) is 12.4. The van der Waals surface area contributed by atoms with Crippen LogP contribution in [0.4, 0.5) is 4.79 Å². The van der Waals surface area contributed by atoms with Crippen LogP contribution in [-0.4, -0.2) is 50.8 Å². The van der Waals surface area contributed by atoms with Crippen molar-refractivity contribution >= 4 is 12.0 Å². The zero-order chi connectivity index (χ0) is 22.5. The van der Waals surface area contributed by atoms with Gasteiger partial charge in [0.2, 0.25) is 0 Å². The van der Waals surface area contributed by atoms with E-state index in [0.29, 0.717) is 24.5 Å². The first-order chi connectivity index (χ1) is 14.9. The van der Waals surface area contributed by atoms with E-state index in [1.165, 1.54) is 7.11 Å². The van der Waals surface area contributed by atoms with Gasteiger partial charge in [0.1, 0.15) is 6.04 Å². The number of hydrogen-bond donors (Lipinski definition) is 1. The Morgan fingerprint density at radius 1 is 1.03 bits per heavy atom. The number of hydrogen-bond acceptors (Lipinski definition) is 5. The number of urea groups is 1. The molecule has 0 aromatic heterocycles. The predicted octanol–water partition coefficient (Wildman–Crippen LogP) is 3.56. The van der Waals surface area contributed by atoms with Crippen LogP contribution < -0.4 is 14.8 Å².